The number of aromatic nitrogens is 2. The number of hydrogen-bond acceptors (Lipinski definition) is 3. The SMILES string of the molecule is C[C@H]1CNCCN1Cc1c(Br)cnn1C.Cl. The van der Waals surface area contributed by atoms with Crippen LogP contribution in [0.5, 0.6) is 0 Å². The zero-order valence-corrected chi connectivity index (χ0v) is 12.0. The predicted molar refractivity (Wildman–Crippen MR) is 70.9 cm³/mol. The summed E-state index contributed by atoms with van der Waals surface area (Å²) in [6, 6.07) is 0.598. The number of nitrogens with zero attached hydrogens (tertiary/aromatic N) is 3. The maximum Gasteiger partial charge on any atom is 0.0663 e. The van der Waals surface area contributed by atoms with Gasteiger partial charge in [0.1, 0.15) is 0 Å². The molecule has 0 spiro atoms. The van der Waals surface area contributed by atoms with Crippen LogP contribution >= 0.6 is 28.3 Å². The predicted octanol–water partition coefficient (Wildman–Crippen LogP) is 1.40. The zero-order valence-electron chi connectivity index (χ0n) is 9.61. The Morgan fingerprint density at radius 3 is 2.94 bits per heavy atom. The third kappa shape index (κ3) is 2.97. The van der Waals surface area contributed by atoms with Crippen molar-refractivity contribution in [1.82, 2.24) is 20.0 Å². The molecule has 1 aromatic heterocycles. The van der Waals surface area contributed by atoms with Gasteiger partial charge in [-0.05, 0) is 22.9 Å². The maximum atomic E-state index is 4.23. The quantitative estimate of drug-likeness (QED) is 0.896. The van der Waals surface area contributed by atoms with Crippen LogP contribution in [-0.2, 0) is 13.6 Å². The van der Waals surface area contributed by atoms with E-state index in [9.17, 15) is 0 Å². The first kappa shape index (κ1) is 14.0. The average Bonchev–Trinajstić information content (AvgIpc) is 2.53. The van der Waals surface area contributed by atoms with E-state index >= 15 is 0 Å². The molecule has 16 heavy (non-hydrogen) atoms. The fraction of sp³-hybridized carbons (Fsp3) is 0.700. The van der Waals surface area contributed by atoms with Crippen LogP contribution in [0, 0.1) is 0 Å². The molecule has 0 unspecified atom stereocenters. The van der Waals surface area contributed by atoms with E-state index in [2.05, 4.69) is 38.2 Å². The van der Waals surface area contributed by atoms with Crippen molar-refractivity contribution < 1.29 is 0 Å². The monoisotopic (exact) mass is 308 g/mol. The summed E-state index contributed by atoms with van der Waals surface area (Å²) in [7, 11) is 1.99. The lowest BCUT2D eigenvalue weighted by atomic mass is 10.2. The number of aryl methyl sites for hydroxylation is 1. The van der Waals surface area contributed by atoms with E-state index in [-0.39, 0.29) is 12.4 Å². The van der Waals surface area contributed by atoms with Crippen molar-refractivity contribution in [3.63, 3.8) is 0 Å². The molecular weight excluding hydrogens is 291 g/mol. The lowest BCUT2D eigenvalue weighted by molar-refractivity contribution is 0.161. The molecule has 1 N–H and O–H groups in total. The summed E-state index contributed by atoms with van der Waals surface area (Å²) in [5, 5.41) is 7.63. The van der Waals surface area contributed by atoms with E-state index in [1.807, 2.05) is 17.9 Å². The molecule has 2 rings (SSSR count). The van der Waals surface area contributed by atoms with E-state index in [4.69, 9.17) is 0 Å². The lowest BCUT2D eigenvalue weighted by Crippen LogP contribution is -2.49. The van der Waals surface area contributed by atoms with E-state index < -0.39 is 0 Å². The molecule has 0 aromatic carbocycles. The molecule has 2 heterocycles. The minimum Gasteiger partial charge on any atom is -0.314 e. The molecule has 0 amide bonds. The van der Waals surface area contributed by atoms with Crippen LogP contribution in [0.4, 0.5) is 0 Å². The molecule has 0 saturated carbocycles. The minimum atomic E-state index is 0. The van der Waals surface area contributed by atoms with Crippen LogP contribution in [0.25, 0.3) is 0 Å². The summed E-state index contributed by atoms with van der Waals surface area (Å²) < 4.78 is 3.05. The van der Waals surface area contributed by atoms with Crippen LogP contribution in [0.1, 0.15) is 12.6 Å². The van der Waals surface area contributed by atoms with Gasteiger partial charge in [0, 0.05) is 39.3 Å². The number of halogens is 2. The van der Waals surface area contributed by atoms with Gasteiger partial charge in [-0.3, -0.25) is 9.58 Å². The Labute approximate surface area is 111 Å². The largest absolute Gasteiger partial charge is 0.314 e. The summed E-state index contributed by atoms with van der Waals surface area (Å²) in [6.45, 7) is 6.50. The van der Waals surface area contributed by atoms with Gasteiger partial charge in [0.25, 0.3) is 0 Å². The summed E-state index contributed by atoms with van der Waals surface area (Å²) in [6.07, 6.45) is 1.86. The Hall–Kier alpha value is -0.100. The smallest absolute Gasteiger partial charge is 0.0663 e. The lowest BCUT2D eigenvalue weighted by Gasteiger charge is -2.33. The second-order valence-corrected chi connectivity index (χ2v) is 4.94. The molecule has 1 aliphatic rings. The fourth-order valence-electron chi connectivity index (χ4n) is 1.92. The molecule has 0 bridgehead atoms. The summed E-state index contributed by atoms with van der Waals surface area (Å²) in [4.78, 5) is 2.48. The third-order valence-corrected chi connectivity index (χ3v) is 3.66. The Bertz CT molecular complexity index is 322. The summed E-state index contributed by atoms with van der Waals surface area (Å²) >= 11 is 3.54. The van der Waals surface area contributed by atoms with Gasteiger partial charge < -0.3 is 5.32 Å². The standard InChI is InChI=1S/C10H17BrN4.ClH/c1-8-5-12-3-4-15(8)7-10-9(11)6-13-14(10)2;/h6,8,12H,3-5,7H2,1-2H3;1H/t8-;/m0./s1. The van der Waals surface area contributed by atoms with Crippen molar-refractivity contribution in [3.8, 4) is 0 Å². The van der Waals surface area contributed by atoms with Gasteiger partial charge in [0.15, 0.2) is 0 Å². The first-order valence-electron chi connectivity index (χ1n) is 5.29. The van der Waals surface area contributed by atoms with Crippen molar-refractivity contribution in [3.05, 3.63) is 16.4 Å². The van der Waals surface area contributed by atoms with Crippen molar-refractivity contribution in [1.29, 1.82) is 0 Å². The first-order valence-corrected chi connectivity index (χ1v) is 6.09. The fourth-order valence-corrected chi connectivity index (χ4v) is 2.40. The van der Waals surface area contributed by atoms with E-state index in [0.717, 1.165) is 30.7 Å². The van der Waals surface area contributed by atoms with Crippen LogP contribution in [0.15, 0.2) is 10.7 Å². The van der Waals surface area contributed by atoms with E-state index in [1.54, 1.807) is 0 Å². The van der Waals surface area contributed by atoms with Crippen molar-refractivity contribution in [2.45, 2.75) is 19.5 Å². The van der Waals surface area contributed by atoms with Gasteiger partial charge in [-0.15, -0.1) is 12.4 Å². The molecule has 92 valence electrons. The van der Waals surface area contributed by atoms with Crippen LogP contribution in [0.2, 0.25) is 0 Å². The normalized spacial score (nSPS) is 21.8. The minimum absolute atomic E-state index is 0. The molecule has 1 aliphatic heterocycles. The van der Waals surface area contributed by atoms with Gasteiger partial charge >= 0.3 is 0 Å². The molecule has 1 fully saturated rings. The van der Waals surface area contributed by atoms with Gasteiger partial charge in [-0.1, -0.05) is 0 Å². The Kier molecular flexibility index (Phi) is 5.24. The van der Waals surface area contributed by atoms with E-state index in [0.29, 0.717) is 6.04 Å². The van der Waals surface area contributed by atoms with E-state index in [1.165, 1.54) is 5.69 Å². The van der Waals surface area contributed by atoms with Crippen molar-refractivity contribution in [2.24, 2.45) is 7.05 Å². The number of rotatable bonds is 2. The molecule has 1 saturated heterocycles. The van der Waals surface area contributed by atoms with Gasteiger partial charge in [0.2, 0.25) is 0 Å². The Morgan fingerprint density at radius 2 is 2.38 bits per heavy atom. The topological polar surface area (TPSA) is 33.1 Å². The highest BCUT2D eigenvalue weighted by Gasteiger charge is 2.20. The number of nitrogens with one attached hydrogen (secondary N) is 1. The molecule has 4 nitrogen and oxygen atoms in total. The summed E-state index contributed by atoms with van der Waals surface area (Å²) in [5.41, 5.74) is 1.25. The Morgan fingerprint density at radius 1 is 1.62 bits per heavy atom. The zero-order chi connectivity index (χ0) is 10.8. The maximum absolute atomic E-state index is 4.23. The molecular formula is C10H18BrClN4. The average molecular weight is 310 g/mol. The third-order valence-electron chi connectivity index (χ3n) is 3.00. The molecule has 0 aliphatic carbocycles. The van der Waals surface area contributed by atoms with Crippen LogP contribution < -0.4 is 5.32 Å². The first-order chi connectivity index (χ1) is 7.18. The van der Waals surface area contributed by atoms with Crippen molar-refractivity contribution >= 4 is 28.3 Å². The highest BCUT2D eigenvalue weighted by atomic mass is 79.9. The Balaban J connectivity index is 0.00000128. The number of hydrogen-bond donors (Lipinski definition) is 1. The molecule has 6 heteroatoms. The number of piperazine rings is 1. The molecule has 0 radical (unpaired) electrons. The van der Waals surface area contributed by atoms with Gasteiger partial charge in [-0.2, -0.15) is 5.10 Å². The van der Waals surface area contributed by atoms with Crippen molar-refractivity contribution in [2.75, 3.05) is 19.6 Å². The second-order valence-electron chi connectivity index (χ2n) is 4.09. The molecule has 1 aromatic rings. The highest BCUT2D eigenvalue weighted by Crippen LogP contribution is 2.18. The summed E-state index contributed by atoms with van der Waals surface area (Å²) in [5.74, 6) is 0. The molecule has 1 atom stereocenters. The van der Waals surface area contributed by atoms with Gasteiger partial charge in [0.05, 0.1) is 16.4 Å². The van der Waals surface area contributed by atoms with Crippen LogP contribution in [0.3, 0.4) is 0 Å². The van der Waals surface area contributed by atoms with Crippen LogP contribution in [-0.4, -0.2) is 40.4 Å². The second kappa shape index (κ2) is 6.00. The highest BCUT2D eigenvalue weighted by molar-refractivity contribution is 9.10. The van der Waals surface area contributed by atoms with Gasteiger partial charge in [-0.25, -0.2) is 0 Å².